The molecule has 0 radical (unpaired) electrons. The van der Waals surface area contributed by atoms with Gasteiger partial charge >= 0.3 is 0 Å². The van der Waals surface area contributed by atoms with E-state index in [0.717, 1.165) is 43.9 Å². The summed E-state index contributed by atoms with van der Waals surface area (Å²) in [6, 6.07) is 4.00. The number of amides is 1. The molecule has 25 heavy (non-hydrogen) atoms. The zero-order valence-electron chi connectivity index (χ0n) is 15.7. The normalized spacial score (nSPS) is 18.6. The molecule has 0 bridgehead atoms. The Kier molecular flexibility index (Phi) is 8.15. The summed E-state index contributed by atoms with van der Waals surface area (Å²) in [5.74, 6) is 0.855. The third-order valence-corrected chi connectivity index (χ3v) is 4.54. The molecule has 0 aliphatic carbocycles. The minimum Gasteiger partial charge on any atom is -0.376 e. The van der Waals surface area contributed by atoms with Crippen LogP contribution in [-0.2, 0) is 20.8 Å². The maximum absolute atomic E-state index is 12.2. The second-order valence-corrected chi connectivity index (χ2v) is 6.38. The van der Waals surface area contributed by atoms with Gasteiger partial charge in [0.1, 0.15) is 11.9 Å². The highest BCUT2D eigenvalue weighted by Gasteiger charge is 2.18. The van der Waals surface area contributed by atoms with Gasteiger partial charge in [0.15, 0.2) is 0 Å². The number of carbonyl (C=O) groups excluding carboxylic acids is 1. The molecule has 1 N–H and O–H groups in total. The van der Waals surface area contributed by atoms with E-state index >= 15 is 0 Å². The van der Waals surface area contributed by atoms with Crippen molar-refractivity contribution in [3.8, 4) is 0 Å². The number of hydrogen-bond donors (Lipinski definition) is 1. The van der Waals surface area contributed by atoms with E-state index in [1.807, 2.05) is 18.3 Å². The van der Waals surface area contributed by atoms with Crippen molar-refractivity contribution in [2.45, 2.75) is 58.8 Å². The van der Waals surface area contributed by atoms with Crippen molar-refractivity contribution in [2.24, 2.45) is 0 Å². The molecule has 0 saturated carbocycles. The van der Waals surface area contributed by atoms with Crippen molar-refractivity contribution in [3.63, 3.8) is 0 Å². The van der Waals surface area contributed by atoms with Crippen LogP contribution in [0.15, 0.2) is 18.3 Å². The lowest BCUT2D eigenvalue weighted by molar-refractivity contribution is -0.135. The quantitative estimate of drug-likeness (QED) is 0.742. The Morgan fingerprint density at radius 1 is 1.40 bits per heavy atom. The molecule has 140 valence electrons. The molecule has 6 nitrogen and oxygen atoms in total. The van der Waals surface area contributed by atoms with Gasteiger partial charge in [0.05, 0.1) is 12.7 Å². The van der Waals surface area contributed by atoms with E-state index in [4.69, 9.17) is 9.47 Å². The topological polar surface area (TPSA) is 63.7 Å². The van der Waals surface area contributed by atoms with Crippen LogP contribution in [0.1, 0.15) is 45.6 Å². The van der Waals surface area contributed by atoms with Gasteiger partial charge in [-0.3, -0.25) is 4.79 Å². The number of rotatable bonds is 9. The van der Waals surface area contributed by atoms with Gasteiger partial charge in [-0.05, 0) is 51.7 Å². The van der Waals surface area contributed by atoms with Gasteiger partial charge in [0, 0.05) is 32.4 Å². The van der Waals surface area contributed by atoms with E-state index in [1.54, 1.807) is 6.92 Å². The van der Waals surface area contributed by atoms with E-state index in [1.165, 1.54) is 6.42 Å². The minimum absolute atomic E-state index is 0.108. The number of pyridine rings is 1. The lowest BCUT2D eigenvalue weighted by Gasteiger charge is -2.24. The monoisotopic (exact) mass is 349 g/mol. The van der Waals surface area contributed by atoms with Crippen molar-refractivity contribution in [1.29, 1.82) is 0 Å². The number of nitrogens with zero attached hydrogens (tertiary/aromatic N) is 2. The smallest absolute Gasteiger partial charge is 0.249 e. The average Bonchev–Trinajstić information content (AvgIpc) is 2.67. The average molecular weight is 349 g/mol. The molecule has 1 aromatic rings. The first-order valence-corrected chi connectivity index (χ1v) is 9.34. The minimum atomic E-state index is -0.478. The van der Waals surface area contributed by atoms with Crippen LogP contribution >= 0.6 is 0 Å². The van der Waals surface area contributed by atoms with Crippen LogP contribution in [-0.4, -0.2) is 49.4 Å². The molecule has 0 spiro atoms. The molecule has 1 aliphatic rings. The Morgan fingerprint density at radius 2 is 2.20 bits per heavy atom. The summed E-state index contributed by atoms with van der Waals surface area (Å²) in [7, 11) is 0. The highest BCUT2D eigenvalue weighted by atomic mass is 16.5. The fraction of sp³-hybridized carbons (Fsp3) is 0.684. The second-order valence-electron chi connectivity index (χ2n) is 6.38. The summed E-state index contributed by atoms with van der Waals surface area (Å²) in [5.41, 5.74) is 0.979. The van der Waals surface area contributed by atoms with Crippen LogP contribution in [0, 0.1) is 0 Å². The second kappa shape index (κ2) is 10.4. The van der Waals surface area contributed by atoms with Gasteiger partial charge in [-0.25, -0.2) is 4.98 Å². The van der Waals surface area contributed by atoms with E-state index in [0.29, 0.717) is 13.2 Å². The summed E-state index contributed by atoms with van der Waals surface area (Å²) in [6.07, 6.45) is 4.77. The van der Waals surface area contributed by atoms with Crippen LogP contribution < -0.4 is 10.2 Å². The molecular formula is C19H31N3O3. The third kappa shape index (κ3) is 6.29. The van der Waals surface area contributed by atoms with Crippen molar-refractivity contribution in [2.75, 3.05) is 31.2 Å². The molecule has 2 unspecified atom stereocenters. The molecule has 1 saturated heterocycles. The zero-order valence-corrected chi connectivity index (χ0v) is 15.7. The molecule has 6 heteroatoms. The first-order chi connectivity index (χ1) is 12.1. The number of nitrogens with one attached hydrogen (secondary N) is 1. The Morgan fingerprint density at radius 3 is 2.80 bits per heavy atom. The Balaban J connectivity index is 1.73. The predicted molar refractivity (Wildman–Crippen MR) is 98.6 cm³/mol. The van der Waals surface area contributed by atoms with Gasteiger partial charge < -0.3 is 19.7 Å². The van der Waals surface area contributed by atoms with Gasteiger partial charge in [0.2, 0.25) is 5.91 Å². The van der Waals surface area contributed by atoms with E-state index in [2.05, 4.69) is 29.0 Å². The lowest BCUT2D eigenvalue weighted by Crippen LogP contribution is -2.36. The number of aromatic nitrogens is 1. The SMILES string of the molecule is CCN(CC)c1ccc(CNC(=O)C(C)OCC2CCCCO2)cn1. The summed E-state index contributed by atoms with van der Waals surface area (Å²) in [5, 5.41) is 2.90. The fourth-order valence-corrected chi connectivity index (χ4v) is 2.86. The Bertz CT molecular complexity index is 511. The summed E-state index contributed by atoms with van der Waals surface area (Å²) >= 11 is 0. The number of hydrogen-bond acceptors (Lipinski definition) is 5. The van der Waals surface area contributed by atoms with Crippen molar-refractivity contribution in [1.82, 2.24) is 10.3 Å². The van der Waals surface area contributed by atoms with Gasteiger partial charge in [-0.1, -0.05) is 6.07 Å². The highest BCUT2D eigenvalue weighted by molar-refractivity contribution is 5.80. The van der Waals surface area contributed by atoms with Crippen molar-refractivity contribution >= 4 is 11.7 Å². The zero-order chi connectivity index (χ0) is 18.1. The molecule has 1 aliphatic heterocycles. The highest BCUT2D eigenvalue weighted by Crippen LogP contribution is 2.14. The third-order valence-electron chi connectivity index (χ3n) is 4.54. The lowest BCUT2D eigenvalue weighted by atomic mass is 10.1. The Hall–Kier alpha value is -1.66. The van der Waals surface area contributed by atoms with E-state index in [9.17, 15) is 4.79 Å². The van der Waals surface area contributed by atoms with E-state index in [-0.39, 0.29) is 12.0 Å². The number of carbonyl (C=O) groups is 1. The van der Waals surface area contributed by atoms with Gasteiger partial charge in [0.25, 0.3) is 0 Å². The summed E-state index contributed by atoms with van der Waals surface area (Å²) in [6.45, 7) is 9.59. The van der Waals surface area contributed by atoms with Crippen molar-refractivity contribution < 1.29 is 14.3 Å². The first kappa shape index (κ1) is 19.7. The fourth-order valence-electron chi connectivity index (χ4n) is 2.86. The maximum Gasteiger partial charge on any atom is 0.249 e. The molecular weight excluding hydrogens is 318 g/mol. The summed E-state index contributed by atoms with van der Waals surface area (Å²) < 4.78 is 11.3. The van der Waals surface area contributed by atoms with Crippen LogP contribution in [0.3, 0.4) is 0 Å². The maximum atomic E-state index is 12.2. The molecule has 1 amide bonds. The predicted octanol–water partition coefficient (Wildman–Crippen LogP) is 2.52. The van der Waals surface area contributed by atoms with Crippen LogP contribution in [0.4, 0.5) is 5.82 Å². The molecule has 1 aromatic heterocycles. The molecule has 2 atom stereocenters. The van der Waals surface area contributed by atoms with Crippen LogP contribution in [0.25, 0.3) is 0 Å². The van der Waals surface area contributed by atoms with Crippen LogP contribution in [0.2, 0.25) is 0 Å². The largest absolute Gasteiger partial charge is 0.376 e. The number of anilines is 1. The Labute approximate surface area is 150 Å². The van der Waals surface area contributed by atoms with Crippen LogP contribution in [0.5, 0.6) is 0 Å². The van der Waals surface area contributed by atoms with Crippen molar-refractivity contribution in [3.05, 3.63) is 23.9 Å². The number of ether oxygens (including phenoxy) is 2. The molecule has 0 aromatic carbocycles. The van der Waals surface area contributed by atoms with Gasteiger partial charge in [-0.2, -0.15) is 0 Å². The summed E-state index contributed by atoms with van der Waals surface area (Å²) in [4.78, 5) is 18.8. The first-order valence-electron chi connectivity index (χ1n) is 9.34. The van der Waals surface area contributed by atoms with Gasteiger partial charge in [-0.15, -0.1) is 0 Å². The van der Waals surface area contributed by atoms with E-state index < -0.39 is 6.10 Å². The molecule has 2 heterocycles. The standard InChI is InChI=1S/C19H31N3O3/c1-4-22(5-2)18-10-9-16(12-20-18)13-21-19(23)15(3)25-14-17-8-6-7-11-24-17/h9-10,12,15,17H,4-8,11,13-14H2,1-3H3,(H,21,23). The molecule has 2 rings (SSSR count). The molecule has 1 fully saturated rings.